The van der Waals surface area contributed by atoms with Crippen LogP contribution in [0, 0.1) is 6.92 Å². The lowest BCUT2D eigenvalue weighted by molar-refractivity contribution is -0.149. The van der Waals surface area contributed by atoms with Gasteiger partial charge in [-0.15, -0.1) is 0 Å². The summed E-state index contributed by atoms with van der Waals surface area (Å²) in [6.45, 7) is 4.53. The number of hydrogen-bond acceptors (Lipinski definition) is 4. The fourth-order valence-electron chi connectivity index (χ4n) is 2.97. The molecule has 0 saturated carbocycles. The van der Waals surface area contributed by atoms with E-state index in [0.29, 0.717) is 24.8 Å². The van der Waals surface area contributed by atoms with Crippen LogP contribution in [-0.2, 0) is 23.2 Å². The molecule has 0 aliphatic carbocycles. The maximum atomic E-state index is 11.9. The van der Waals surface area contributed by atoms with E-state index in [0.717, 1.165) is 17.8 Å². The summed E-state index contributed by atoms with van der Waals surface area (Å²) in [5.41, 5.74) is 1.88. The van der Waals surface area contributed by atoms with Gasteiger partial charge in [0, 0.05) is 38.8 Å². The van der Waals surface area contributed by atoms with Crippen LogP contribution in [0.3, 0.4) is 0 Å². The Bertz CT molecular complexity index is 600. The summed E-state index contributed by atoms with van der Waals surface area (Å²) in [5.74, 6) is -0.0804. The van der Waals surface area contributed by atoms with E-state index in [1.54, 1.807) is 9.58 Å². The highest BCUT2D eigenvalue weighted by molar-refractivity contribution is 6.30. The standard InChI is InChI=1S/C13H18ClN5O2/c1-8-9(12(14)17(2)16-8)6-18-3-4-19-10(7-18)13(21)15-5-11(19)20/h10H,3-7H2,1-2H3,(H,15,21)/t10-/m0/s1. The van der Waals surface area contributed by atoms with E-state index >= 15 is 0 Å². The number of piperazine rings is 2. The second-order valence-electron chi connectivity index (χ2n) is 5.53. The summed E-state index contributed by atoms with van der Waals surface area (Å²) in [4.78, 5) is 27.6. The third kappa shape index (κ3) is 2.51. The summed E-state index contributed by atoms with van der Waals surface area (Å²) in [5, 5.41) is 7.57. The maximum absolute atomic E-state index is 11.9. The van der Waals surface area contributed by atoms with Crippen molar-refractivity contribution >= 4 is 23.4 Å². The van der Waals surface area contributed by atoms with Gasteiger partial charge >= 0.3 is 0 Å². The predicted octanol–water partition coefficient (Wildman–Crippen LogP) is -0.475. The van der Waals surface area contributed by atoms with Crippen molar-refractivity contribution in [3.8, 4) is 0 Å². The fourth-order valence-corrected chi connectivity index (χ4v) is 3.20. The zero-order chi connectivity index (χ0) is 15.1. The van der Waals surface area contributed by atoms with Gasteiger partial charge in [-0.1, -0.05) is 11.6 Å². The van der Waals surface area contributed by atoms with E-state index in [2.05, 4.69) is 15.3 Å². The van der Waals surface area contributed by atoms with Crippen LogP contribution < -0.4 is 5.32 Å². The lowest BCUT2D eigenvalue weighted by atomic mass is 10.1. The van der Waals surface area contributed by atoms with Crippen molar-refractivity contribution in [2.75, 3.05) is 26.2 Å². The average Bonchev–Trinajstić information content (AvgIpc) is 2.70. The Hall–Kier alpha value is -1.60. The number of fused-ring (bicyclic) bond motifs is 1. The molecule has 2 fully saturated rings. The van der Waals surface area contributed by atoms with Crippen molar-refractivity contribution in [3.63, 3.8) is 0 Å². The van der Waals surface area contributed by atoms with E-state index in [1.165, 1.54) is 0 Å². The lowest BCUT2D eigenvalue weighted by Gasteiger charge is -2.42. The van der Waals surface area contributed by atoms with Gasteiger partial charge in [-0.25, -0.2) is 0 Å². The number of aryl methyl sites for hydroxylation is 2. The van der Waals surface area contributed by atoms with E-state index in [9.17, 15) is 9.59 Å². The second-order valence-corrected chi connectivity index (χ2v) is 5.89. The van der Waals surface area contributed by atoms with E-state index in [1.807, 2.05) is 14.0 Å². The zero-order valence-electron chi connectivity index (χ0n) is 12.1. The first-order valence-electron chi connectivity index (χ1n) is 6.95. The van der Waals surface area contributed by atoms with Crippen molar-refractivity contribution in [1.82, 2.24) is 24.9 Å². The van der Waals surface area contributed by atoms with Crippen molar-refractivity contribution in [2.45, 2.75) is 19.5 Å². The minimum Gasteiger partial charge on any atom is -0.345 e. The predicted molar refractivity (Wildman–Crippen MR) is 76.7 cm³/mol. The SMILES string of the molecule is Cc1nn(C)c(Cl)c1CN1CCN2C(=O)CNC(=O)[C@@H]2C1. The van der Waals surface area contributed by atoms with Crippen LogP contribution in [-0.4, -0.2) is 63.6 Å². The fraction of sp³-hybridized carbons (Fsp3) is 0.615. The highest BCUT2D eigenvalue weighted by atomic mass is 35.5. The number of carbonyl (C=O) groups excluding carboxylic acids is 2. The van der Waals surface area contributed by atoms with E-state index in [4.69, 9.17) is 11.6 Å². The Morgan fingerprint density at radius 1 is 1.38 bits per heavy atom. The van der Waals surface area contributed by atoms with Crippen LogP contribution in [0.1, 0.15) is 11.3 Å². The molecule has 8 heteroatoms. The molecule has 3 heterocycles. The molecule has 2 saturated heterocycles. The van der Waals surface area contributed by atoms with Crippen LogP contribution in [0.2, 0.25) is 5.15 Å². The summed E-state index contributed by atoms with van der Waals surface area (Å²) in [6.07, 6.45) is 0. The Morgan fingerprint density at radius 2 is 2.14 bits per heavy atom. The minimum atomic E-state index is -0.393. The molecule has 0 bridgehead atoms. The zero-order valence-corrected chi connectivity index (χ0v) is 12.9. The van der Waals surface area contributed by atoms with Crippen LogP contribution in [0.25, 0.3) is 0 Å². The third-order valence-electron chi connectivity index (χ3n) is 4.15. The summed E-state index contributed by atoms with van der Waals surface area (Å²) in [6, 6.07) is -0.393. The molecule has 114 valence electrons. The quantitative estimate of drug-likeness (QED) is 0.801. The average molecular weight is 312 g/mol. The molecule has 1 N–H and O–H groups in total. The first-order chi connectivity index (χ1) is 9.97. The number of halogens is 1. The van der Waals surface area contributed by atoms with Crippen LogP contribution in [0.5, 0.6) is 0 Å². The van der Waals surface area contributed by atoms with Gasteiger partial charge in [-0.2, -0.15) is 5.10 Å². The van der Waals surface area contributed by atoms with Gasteiger partial charge in [-0.05, 0) is 6.92 Å². The highest BCUT2D eigenvalue weighted by Crippen LogP contribution is 2.22. The summed E-state index contributed by atoms with van der Waals surface area (Å²) in [7, 11) is 1.81. The molecule has 0 unspecified atom stereocenters. The first-order valence-corrected chi connectivity index (χ1v) is 7.32. The van der Waals surface area contributed by atoms with Crippen molar-refractivity contribution in [3.05, 3.63) is 16.4 Å². The molecule has 2 aliphatic heterocycles. The second kappa shape index (κ2) is 5.31. The molecule has 3 rings (SSSR count). The molecule has 0 spiro atoms. The van der Waals surface area contributed by atoms with Gasteiger partial charge < -0.3 is 10.2 Å². The third-order valence-corrected chi connectivity index (χ3v) is 4.63. The molecule has 7 nitrogen and oxygen atoms in total. The molecule has 1 atom stereocenters. The molecule has 0 aromatic carbocycles. The molecule has 21 heavy (non-hydrogen) atoms. The first kappa shape index (κ1) is 14.3. The Balaban J connectivity index is 1.74. The minimum absolute atomic E-state index is 0.00478. The molecule has 0 radical (unpaired) electrons. The number of nitrogens with zero attached hydrogens (tertiary/aromatic N) is 4. The normalized spacial score (nSPS) is 23.2. The molecular formula is C13H18ClN5O2. The van der Waals surface area contributed by atoms with Crippen LogP contribution >= 0.6 is 11.6 Å². The number of aromatic nitrogens is 2. The van der Waals surface area contributed by atoms with Gasteiger partial charge in [0.15, 0.2) is 0 Å². The van der Waals surface area contributed by atoms with Crippen LogP contribution in [0.15, 0.2) is 0 Å². The van der Waals surface area contributed by atoms with Gasteiger partial charge in [-0.3, -0.25) is 19.2 Å². The Morgan fingerprint density at radius 3 is 2.81 bits per heavy atom. The molecular weight excluding hydrogens is 294 g/mol. The van der Waals surface area contributed by atoms with Crippen molar-refractivity contribution in [1.29, 1.82) is 0 Å². The van der Waals surface area contributed by atoms with Crippen molar-refractivity contribution < 1.29 is 9.59 Å². The molecule has 2 aliphatic rings. The number of rotatable bonds is 2. The maximum Gasteiger partial charge on any atom is 0.244 e. The number of nitrogens with one attached hydrogen (secondary N) is 1. The highest BCUT2D eigenvalue weighted by Gasteiger charge is 2.38. The molecule has 1 aromatic rings. The monoisotopic (exact) mass is 311 g/mol. The summed E-state index contributed by atoms with van der Waals surface area (Å²) < 4.78 is 1.65. The Labute approximate surface area is 127 Å². The number of hydrogen-bond donors (Lipinski definition) is 1. The van der Waals surface area contributed by atoms with Crippen molar-refractivity contribution in [2.24, 2.45) is 7.05 Å². The lowest BCUT2D eigenvalue weighted by Crippen LogP contribution is -2.65. The molecule has 1 aromatic heterocycles. The number of amides is 2. The van der Waals surface area contributed by atoms with E-state index in [-0.39, 0.29) is 18.4 Å². The summed E-state index contributed by atoms with van der Waals surface area (Å²) >= 11 is 6.25. The van der Waals surface area contributed by atoms with Crippen LogP contribution in [0.4, 0.5) is 0 Å². The number of carbonyl (C=O) groups is 2. The van der Waals surface area contributed by atoms with E-state index < -0.39 is 6.04 Å². The smallest absolute Gasteiger partial charge is 0.244 e. The van der Waals surface area contributed by atoms with Gasteiger partial charge in [0.05, 0.1) is 12.2 Å². The molecule has 2 amide bonds. The Kier molecular flexibility index (Phi) is 3.62. The van der Waals surface area contributed by atoms with Gasteiger partial charge in [0.1, 0.15) is 11.2 Å². The van der Waals surface area contributed by atoms with Gasteiger partial charge in [0.25, 0.3) is 0 Å². The largest absolute Gasteiger partial charge is 0.345 e. The topological polar surface area (TPSA) is 70.5 Å². The van der Waals surface area contributed by atoms with Gasteiger partial charge in [0.2, 0.25) is 11.8 Å².